The Hall–Kier alpha value is -2.41. The predicted octanol–water partition coefficient (Wildman–Crippen LogP) is 3.88. The molecule has 0 saturated carbocycles. The van der Waals surface area contributed by atoms with Gasteiger partial charge in [-0.1, -0.05) is 18.2 Å². The van der Waals surface area contributed by atoms with E-state index in [4.69, 9.17) is 9.47 Å². The number of ether oxygens (including phenoxy) is 2. The highest BCUT2D eigenvalue weighted by Crippen LogP contribution is 2.31. The molecule has 0 spiro atoms. The van der Waals surface area contributed by atoms with Crippen LogP contribution in [0, 0.1) is 0 Å². The van der Waals surface area contributed by atoms with Crippen LogP contribution in [0.5, 0.6) is 11.5 Å². The average Bonchev–Trinajstić information content (AvgIpc) is 3.27. The summed E-state index contributed by atoms with van der Waals surface area (Å²) in [7, 11) is 1.69. The third-order valence-electron chi connectivity index (χ3n) is 4.99. The summed E-state index contributed by atoms with van der Waals surface area (Å²) in [6.45, 7) is 4.36. The molecule has 2 aromatic heterocycles. The summed E-state index contributed by atoms with van der Waals surface area (Å²) in [6.07, 6.45) is 3.79. The molecule has 1 N–H and O–H groups in total. The minimum absolute atomic E-state index is 0.322. The predicted molar refractivity (Wildman–Crippen MR) is 112 cm³/mol. The number of benzene rings is 1. The summed E-state index contributed by atoms with van der Waals surface area (Å²) in [5.74, 6) is 1.56. The Morgan fingerprint density at radius 2 is 2.18 bits per heavy atom. The lowest BCUT2D eigenvalue weighted by Crippen LogP contribution is -2.45. The zero-order chi connectivity index (χ0) is 19.2. The first-order valence-electron chi connectivity index (χ1n) is 9.50. The molecule has 3 aromatic rings. The van der Waals surface area contributed by atoms with Crippen LogP contribution in [0.4, 0.5) is 0 Å². The zero-order valence-electron chi connectivity index (χ0n) is 16.0. The molecule has 5 nitrogen and oxygen atoms in total. The molecule has 1 saturated heterocycles. The van der Waals surface area contributed by atoms with Crippen molar-refractivity contribution >= 4 is 11.3 Å². The molecule has 0 amide bonds. The number of methoxy groups -OCH3 is 1. The molecule has 4 rings (SSSR count). The average molecular weight is 396 g/mol. The molecule has 0 aliphatic carbocycles. The highest BCUT2D eigenvalue weighted by Gasteiger charge is 2.24. The summed E-state index contributed by atoms with van der Waals surface area (Å²) in [5.41, 5.74) is 2.47. The smallest absolute Gasteiger partial charge is 0.161 e. The molecule has 0 radical (unpaired) electrons. The van der Waals surface area contributed by atoms with E-state index < -0.39 is 0 Å². The second-order valence-electron chi connectivity index (χ2n) is 6.83. The Kier molecular flexibility index (Phi) is 6.21. The molecule has 6 heteroatoms. The van der Waals surface area contributed by atoms with Gasteiger partial charge in [-0.05, 0) is 40.8 Å². The fourth-order valence-electron chi connectivity index (χ4n) is 3.55. The molecule has 1 aliphatic heterocycles. The van der Waals surface area contributed by atoms with E-state index in [1.807, 2.05) is 30.6 Å². The fraction of sp³-hybridized carbons (Fsp3) is 0.318. The van der Waals surface area contributed by atoms with Gasteiger partial charge < -0.3 is 14.8 Å². The van der Waals surface area contributed by atoms with Crippen LogP contribution in [-0.4, -0.2) is 36.6 Å². The monoisotopic (exact) mass is 395 g/mol. The molecule has 1 aromatic carbocycles. The number of hydrogen-bond acceptors (Lipinski definition) is 6. The summed E-state index contributed by atoms with van der Waals surface area (Å²) < 4.78 is 11.6. The topological polar surface area (TPSA) is 46.6 Å². The SMILES string of the molecule is COc1cc(CN2CCNCC2c2cccnc2)ccc1OCc1cccs1. The van der Waals surface area contributed by atoms with Crippen LogP contribution in [-0.2, 0) is 13.2 Å². The third-order valence-corrected chi connectivity index (χ3v) is 5.84. The number of nitrogens with one attached hydrogen (secondary N) is 1. The second-order valence-corrected chi connectivity index (χ2v) is 7.86. The number of piperazine rings is 1. The van der Waals surface area contributed by atoms with Crippen molar-refractivity contribution in [2.75, 3.05) is 26.7 Å². The first-order valence-corrected chi connectivity index (χ1v) is 10.4. The minimum atomic E-state index is 0.322. The van der Waals surface area contributed by atoms with Crippen molar-refractivity contribution in [3.63, 3.8) is 0 Å². The van der Waals surface area contributed by atoms with Crippen molar-refractivity contribution in [3.8, 4) is 11.5 Å². The van der Waals surface area contributed by atoms with Gasteiger partial charge in [0.1, 0.15) is 6.61 Å². The molecular weight excluding hydrogens is 370 g/mol. The summed E-state index contributed by atoms with van der Waals surface area (Å²) in [5, 5.41) is 5.56. The normalized spacial score (nSPS) is 17.4. The van der Waals surface area contributed by atoms with Crippen molar-refractivity contribution in [1.29, 1.82) is 0 Å². The largest absolute Gasteiger partial charge is 0.493 e. The maximum atomic E-state index is 5.96. The van der Waals surface area contributed by atoms with Gasteiger partial charge in [-0.25, -0.2) is 0 Å². The Labute approximate surface area is 169 Å². The highest BCUT2D eigenvalue weighted by atomic mass is 32.1. The van der Waals surface area contributed by atoms with Crippen molar-refractivity contribution in [2.24, 2.45) is 0 Å². The van der Waals surface area contributed by atoms with E-state index in [2.05, 4.69) is 44.8 Å². The van der Waals surface area contributed by atoms with E-state index in [1.165, 1.54) is 16.0 Å². The first-order chi connectivity index (χ1) is 13.8. The van der Waals surface area contributed by atoms with E-state index in [1.54, 1.807) is 18.4 Å². The Morgan fingerprint density at radius 1 is 1.21 bits per heavy atom. The van der Waals surface area contributed by atoms with Crippen LogP contribution >= 0.6 is 11.3 Å². The molecule has 1 atom stereocenters. The zero-order valence-corrected chi connectivity index (χ0v) is 16.8. The van der Waals surface area contributed by atoms with Gasteiger partial charge in [0.15, 0.2) is 11.5 Å². The van der Waals surface area contributed by atoms with Crippen molar-refractivity contribution in [3.05, 3.63) is 76.2 Å². The van der Waals surface area contributed by atoms with E-state index in [-0.39, 0.29) is 0 Å². The molecule has 0 bridgehead atoms. The van der Waals surface area contributed by atoms with Crippen molar-refractivity contribution < 1.29 is 9.47 Å². The molecular formula is C22H25N3O2S. The van der Waals surface area contributed by atoms with Gasteiger partial charge in [-0.15, -0.1) is 11.3 Å². The maximum Gasteiger partial charge on any atom is 0.161 e. The fourth-order valence-corrected chi connectivity index (χ4v) is 4.16. The number of pyridine rings is 1. The number of hydrogen-bond donors (Lipinski definition) is 1. The lowest BCUT2D eigenvalue weighted by molar-refractivity contribution is 0.153. The Bertz CT molecular complexity index is 871. The van der Waals surface area contributed by atoms with Crippen LogP contribution in [0.2, 0.25) is 0 Å². The molecule has 1 fully saturated rings. The van der Waals surface area contributed by atoms with Gasteiger partial charge in [0.2, 0.25) is 0 Å². The van der Waals surface area contributed by atoms with Gasteiger partial charge in [-0.3, -0.25) is 9.88 Å². The van der Waals surface area contributed by atoms with Gasteiger partial charge in [0.05, 0.1) is 7.11 Å². The number of thiophene rings is 1. The first kappa shape index (κ1) is 18.9. The summed E-state index contributed by atoms with van der Waals surface area (Å²) in [4.78, 5) is 7.99. The molecule has 1 unspecified atom stereocenters. The van der Waals surface area contributed by atoms with Gasteiger partial charge in [0, 0.05) is 49.5 Å². The lowest BCUT2D eigenvalue weighted by Gasteiger charge is -2.36. The quantitative estimate of drug-likeness (QED) is 0.658. The molecule has 1 aliphatic rings. The van der Waals surface area contributed by atoms with Crippen LogP contribution in [0.1, 0.15) is 22.0 Å². The molecule has 146 valence electrons. The molecule has 28 heavy (non-hydrogen) atoms. The van der Waals surface area contributed by atoms with Gasteiger partial charge in [0.25, 0.3) is 0 Å². The van der Waals surface area contributed by atoms with Crippen molar-refractivity contribution in [2.45, 2.75) is 19.2 Å². The number of nitrogens with zero attached hydrogens (tertiary/aromatic N) is 2. The lowest BCUT2D eigenvalue weighted by atomic mass is 10.0. The van der Waals surface area contributed by atoms with Gasteiger partial charge in [-0.2, -0.15) is 0 Å². The highest BCUT2D eigenvalue weighted by molar-refractivity contribution is 7.09. The number of aromatic nitrogens is 1. The van der Waals surface area contributed by atoms with Crippen LogP contribution in [0.3, 0.4) is 0 Å². The third kappa shape index (κ3) is 4.52. The van der Waals surface area contributed by atoms with Crippen LogP contribution in [0.25, 0.3) is 0 Å². The molecule has 3 heterocycles. The van der Waals surface area contributed by atoms with E-state index in [0.717, 1.165) is 37.7 Å². The van der Waals surface area contributed by atoms with E-state index >= 15 is 0 Å². The van der Waals surface area contributed by atoms with E-state index in [0.29, 0.717) is 12.6 Å². The Morgan fingerprint density at radius 3 is 2.96 bits per heavy atom. The van der Waals surface area contributed by atoms with Crippen LogP contribution in [0.15, 0.2) is 60.2 Å². The minimum Gasteiger partial charge on any atom is -0.493 e. The van der Waals surface area contributed by atoms with Crippen molar-refractivity contribution in [1.82, 2.24) is 15.2 Å². The van der Waals surface area contributed by atoms with Gasteiger partial charge >= 0.3 is 0 Å². The van der Waals surface area contributed by atoms with Crippen LogP contribution < -0.4 is 14.8 Å². The summed E-state index contributed by atoms with van der Waals surface area (Å²) >= 11 is 1.70. The standard InChI is InChI=1S/C22H25N3O2S/c1-26-22-12-17(6-7-21(22)27-16-19-5-3-11-28-19)15-25-10-9-24-14-20(25)18-4-2-8-23-13-18/h2-8,11-13,20,24H,9-10,14-16H2,1H3. The van der Waals surface area contributed by atoms with E-state index in [9.17, 15) is 0 Å². The second kappa shape index (κ2) is 9.19. The number of rotatable bonds is 7. The Balaban J connectivity index is 1.47. The summed E-state index contributed by atoms with van der Waals surface area (Å²) in [6, 6.07) is 14.8. The maximum absolute atomic E-state index is 5.96.